The van der Waals surface area contributed by atoms with E-state index in [1.165, 1.54) is 0 Å². The van der Waals surface area contributed by atoms with Gasteiger partial charge in [-0.3, -0.25) is 5.10 Å². The van der Waals surface area contributed by atoms with E-state index in [0.717, 1.165) is 10.9 Å². The van der Waals surface area contributed by atoms with Gasteiger partial charge in [0.15, 0.2) is 15.5 Å². The van der Waals surface area contributed by atoms with Gasteiger partial charge in [0.05, 0.1) is 34.4 Å². The average molecular weight is 465 g/mol. The average Bonchev–Trinajstić information content (AvgIpc) is 3.21. The number of H-pyrrole nitrogens is 1. The summed E-state index contributed by atoms with van der Waals surface area (Å²) in [5.41, 5.74) is 9.92. The summed E-state index contributed by atoms with van der Waals surface area (Å²) in [6, 6.07) is 6.79. The molecule has 0 radical (unpaired) electrons. The summed E-state index contributed by atoms with van der Waals surface area (Å²) in [6.45, 7) is 10.1. The Morgan fingerprint density at radius 2 is 1.85 bits per heavy atom. The zero-order chi connectivity index (χ0) is 24.0. The van der Waals surface area contributed by atoms with Crippen molar-refractivity contribution in [3.63, 3.8) is 0 Å². The number of fused-ring (bicyclic) bond motifs is 1. The second-order valence-electron chi connectivity index (χ2n) is 9.51. The maximum Gasteiger partial charge on any atom is 0.182 e. The zero-order valence-corrected chi connectivity index (χ0v) is 20.2. The smallest absolute Gasteiger partial charge is 0.182 e. The fourth-order valence-corrected chi connectivity index (χ4v) is 5.38. The van der Waals surface area contributed by atoms with Crippen molar-refractivity contribution in [2.45, 2.75) is 56.6 Å². The first kappa shape index (κ1) is 22.8. The summed E-state index contributed by atoms with van der Waals surface area (Å²) in [7, 11) is -3.64. The highest BCUT2D eigenvalue weighted by Crippen LogP contribution is 2.31. The van der Waals surface area contributed by atoms with E-state index >= 15 is 0 Å². The quantitative estimate of drug-likeness (QED) is 0.448. The normalized spacial score (nSPS) is 12.5. The van der Waals surface area contributed by atoms with E-state index in [-0.39, 0.29) is 22.0 Å². The number of nitrogens with one attached hydrogen (secondary N) is 1. The number of anilines is 1. The molecule has 4 rings (SSSR count). The van der Waals surface area contributed by atoms with E-state index in [2.05, 4.69) is 25.1 Å². The summed E-state index contributed by atoms with van der Waals surface area (Å²) < 4.78 is 26.8. The largest absolute Gasteiger partial charge is 0.382 e. The molecule has 0 spiro atoms. The number of aromatic nitrogens is 5. The molecule has 8 nitrogen and oxygen atoms in total. The Labute approximate surface area is 193 Å². The number of nitrogens with zero attached hydrogens (tertiary/aromatic N) is 4. The SMILES string of the molecule is CC(C)c1c(CS(=O)(=O)c2cccc(-c3cnc(N)c(C(C)(C)C)n3)c2)cnc2[nH]ncc12. The van der Waals surface area contributed by atoms with Gasteiger partial charge in [0.2, 0.25) is 0 Å². The lowest BCUT2D eigenvalue weighted by molar-refractivity contribution is 0.569. The van der Waals surface area contributed by atoms with Crippen molar-refractivity contribution >= 4 is 26.7 Å². The van der Waals surface area contributed by atoms with E-state index in [0.29, 0.717) is 34.0 Å². The first-order valence-corrected chi connectivity index (χ1v) is 12.4. The first-order valence-electron chi connectivity index (χ1n) is 10.7. The molecule has 3 N–H and O–H groups in total. The second kappa shape index (κ2) is 8.22. The van der Waals surface area contributed by atoms with E-state index in [9.17, 15) is 8.42 Å². The predicted molar refractivity (Wildman–Crippen MR) is 129 cm³/mol. The van der Waals surface area contributed by atoms with Crippen LogP contribution in [0.2, 0.25) is 0 Å². The number of rotatable bonds is 5. The number of hydrogen-bond donors (Lipinski definition) is 2. The predicted octanol–water partition coefficient (Wildman–Crippen LogP) is 4.39. The highest BCUT2D eigenvalue weighted by Gasteiger charge is 2.23. The van der Waals surface area contributed by atoms with Gasteiger partial charge >= 0.3 is 0 Å². The van der Waals surface area contributed by atoms with Crippen LogP contribution < -0.4 is 5.73 Å². The van der Waals surface area contributed by atoms with E-state index < -0.39 is 9.84 Å². The fourth-order valence-electron chi connectivity index (χ4n) is 3.98. The molecule has 9 heteroatoms. The topological polar surface area (TPSA) is 128 Å². The Morgan fingerprint density at radius 1 is 1.09 bits per heavy atom. The Hall–Kier alpha value is -3.33. The molecule has 0 aliphatic heterocycles. The maximum absolute atomic E-state index is 13.4. The Balaban J connectivity index is 1.74. The molecule has 3 heterocycles. The molecular formula is C24H28N6O2S. The third-order valence-corrected chi connectivity index (χ3v) is 7.19. The minimum Gasteiger partial charge on any atom is -0.382 e. The van der Waals surface area contributed by atoms with Crippen LogP contribution in [0.25, 0.3) is 22.3 Å². The van der Waals surface area contributed by atoms with Gasteiger partial charge in [-0.05, 0) is 29.2 Å². The van der Waals surface area contributed by atoms with Gasteiger partial charge in [-0.15, -0.1) is 0 Å². The van der Waals surface area contributed by atoms with Crippen molar-refractivity contribution in [3.8, 4) is 11.3 Å². The third kappa shape index (κ3) is 4.45. The van der Waals surface area contributed by atoms with E-state index in [1.54, 1.807) is 36.8 Å². The Kier molecular flexibility index (Phi) is 5.69. The molecular weight excluding hydrogens is 436 g/mol. The van der Waals surface area contributed by atoms with Crippen LogP contribution in [0.3, 0.4) is 0 Å². The lowest BCUT2D eigenvalue weighted by atomic mass is 9.91. The van der Waals surface area contributed by atoms with Crippen molar-refractivity contribution in [2.24, 2.45) is 0 Å². The summed E-state index contributed by atoms with van der Waals surface area (Å²) in [5.74, 6) is 0.336. The molecule has 0 atom stereocenters. The molecule has 33 heavy (non-hydrogen) atoms. The lowest BCUT2D eigenvalue weighted by Crippen LogP contribution is -2.17. The summed E-state index contributed by atoms with van der Waals surface area (Å²) in [5, 5.41) is 7.75. The summed E-state index contributed by atoms with van der Waals surface area (Å²) >= 11 is 0. The van der Waals surface area contributed by atoms with Crippen molar-refractivity contribution in [1.82, 2.24) is 25.1 Å². The van der Waals surface area contributed by atoms with Crippen molar-refractivity contribution in [1.29, 1.82) is 0 Å². The van der Waals surface area contributed by atoms with Crippen molar-refractivity contribution < 1.29 is 8.42 Å². The number of nitrogen functional groups attached to an aromatic ring is 1. The van der Waals surface area contributed by atoms with Gasteiger partial charge in [-0.2, -0.15) is 5.10 Å². The molecule has 4 aromatic rings. The maximum atomic E-state index is 13.4. The minimum atomic E-state index is -3.64. The molecule has 0 saturated carbocycles. The van der Waals surface area contributed by atoms with Crippen LogP contribution in [-0.4, -0.2) is 33.6 Å². The molecule has 0 unspecified atom stereocenters. The fraction of sp³-hybridized carbons (Fsp3) is 0.333. The van der Waals surface area contributed by atoms with Gasteiger partial charge < -0.3 is 5.73 Å². The standard InChI is InChI=1S/C24H28N6O2S/c1-14(2)20-16(10-27-23-18(20)11-28-30-23)13-33(31,32)17-8-6-7-15(9-17)19-12-26-22(25)21(29-19)24(3,4)5/h6-12,14H,13H2,1-5H3,(H2,25,26)(H,27,28,30). The molecule has 0 bridgehead atoms. The number of pyridine rings is 1. The highest BCUT2D eigenvalue weighted by molar-refractivity contribution is 7.90. The molecule has 0 saturated heterocycles. The van der Waals surface area contributed by atoms with Crippen LogP contribution in [-0.2, 0) is 21.0 Å². The van der Waals surface area contributed by atoms with Gasteiger partial charge in [-0.25, -0.2) is 23.4 Å². The summed E-state index contributed by atoms with van der Waals surface area (Å²) in [4.78, 5) is 13.5. The van der Waals surface area contributed by atoms with Gasteiger partial charge in [-0.1, -0.05) is 46.8 Å². The van der Waals surface area contributed by atoms with E-state index in [1.807, 2.05) is 40.7 Å². The molecule has 0 aliphatic carbocycles. The summed E-state index contributed by atoms with van der Waals surface area (Å²) in [6.07, 6.45) is 4.89. The third-order valence-electron chi connectivity index (χ3n) is 5.53. The van der Waals surface area contributed by atoms with Crippen LogP contribution in [0.1, 0.15) is 57.4 Å². The highest BCUT2D eigenvalue weighted by atomic mass is 32.2. The minimum absolute atomic E-state index is 0.116. The zero-order valence-electron chi connectivity index (χ0n) is 19.4. The molecule has 172 valence electrons. The molecule has 1 aromatic carbocycles. The molecule has 0 amide bonds. The number of aromatic amines is 1. The number of hydrogen-bond acceptors (Lipinski definition) is 7. The molecule has 0 aliphatic rings. The Morgan fingerprint density at radius 3 is 2.55 bits per heavy atom. The number of sulfone groups is 1. The van der Waals surface area contributed by atoms with E-state index in [4.69, 9.17) is 5.73 Å². The second-order valence-corrected chi connectivity index (χ2v) is 11.5. The van der Waals surface area contributed by atoms with Gasteiger partial charge in [0.25, 0.3) is 0 Å². The monoisotopic (exact) mass is 464 g/mol. The van der Waals surface area contributed by atoms with Gasteiger partial charge in [0, 0.05) is 22.6 Å². The lowest BCUT2D eigenvalue weighted by Gasteiger charge is -2.20. The molecule has 3 aromatic heterocycles. The van der Waals surface area contributed by atoms with Crippen molar-refractivity contribution in [2.75, 3.05) is 5.73 Å². The van der Waals surface area contributed by atoms with Crippen LogP contribution in [0, 0.1) is 0 Å². The van der Waals surface area contributed by atoms with Crippen LogP contribution in [0.5, 0.6) is 0 Å². The Bertz CT molecular complexity index is 1440. The van der Waals surface area contributed by atoms with Crippen LogP contribution in [0.4, 0.5) is 5.82 Å². The number of nitrogens with two attached hydrogens (primary N) is 1. The van der Waals surface area contributed by atoms with Gasteiger partial charge in [0.1, 0.15) is 5.82 Å². The van der Waals surface area contributed by atoms with Crippen LogP contribution >= 0.6 is 0 Å². The number of benzene rings is 1. The molecule has 0 fully saturated rings. The van der Waals surface area contributed by atoms with Crippen LogP contribution in [0.15, 0.2) is 47.8 Å². The van der Waals surface area contributed by atoms with Crippen molar-refractivity contribution in [3.05, 3.63) is 59.7 Å². The first-order chi connectivity index (χ1) is 15.5.